The van der Waals surface area contributed by atoms with Crippen molar-refractivity contribution in [3.05, 3.63) is 99.5 Å². The number of amides is 2. The molecule has 1 aliphatic rings. The predicted octanol–water partition coefficient (Wildman–Crippen LogP) is 6.52. The third-order valence-electron chi connectivity index (χ3n) is 7.71. The van der Waals surface area contributed by atoms with Crippen molar-refractivity contribution in [1.29, 1.82) is 0 Å². The Morgan fingerprint density at radius 1 is 0.955 bits per heavy atom. The lowest BCUT2D eigenvalue weighted by Gasteiger charge is -2.33. The number of hydrogen-bond acceptors (Lipinski definition) is 4. The van der Waals surface area contributed by atoms with E-state index >= 15 is 0 Å². The average molecular weight is 667 g/mol. The van der Waals surface area contributed by atoms with Gasteiger partial charge in [-0.3, -0.25) is 13.9 Å². The monoisotopic (exact) mass is 665 g/mol. The molecule has 1 unspecified atom stereocenters. The molecule has 0 heterocycles. The maximum Gasteiger partial charge on any atom is 0.243 e. The zero-order chi connectivity index (χ0) is 31.9. The van der Waals surface area contributed by atoms with Crippen LogP contribution >= 0.6 is 23.2 Å². The van der Waals surface area contributed by atoms with Crippen molar-refractivity contribution < 1.29 is 26.8 Å². The van der Waals surface area contributed by atoms with Gasteiger partial charge in [0.15, 0.2) is 11.6 Å². The van der Waals surface area contributed by atoms with E-state index < -0.39 is 33.6 Å². The summed E-state index contributed by atoms with van der Waals surface area (Å²) in [5, 5.41) is 3.80. The third kappa shape index (κ3) is 8.92. The minimum atomic E-state index is -3.89. The van der Waals surface area contributed by atoms with E-state index in [4.69, 9.17) is 23.2 Å². The molecule has 1 N–H and O–H groups in total. The highest BCUT2D eigenvalue weighted by Gasteiger charge is 2.33. The van der Waals surface area contributed by atoms with Crippen molar-refractivity contribution in [3.8, 4) is 0 Å². The van der Waals surface area contributed by atoms with E-state index in [-0.39, 0.29) is 50.0 Å². The Kier molecular flexibility index (Phi) is 11.6. The van der Waals surface area contributed by atoms with Crippen LogP contribution in [0.4, 0.5) is 14.5 Å². The number of carbonyl (C=O) groups is 2. The zero-order valence-corrected chi connectivity index (χ0v) is 26.6. The summed E-state index contributed by atoms with van der Waals surface area (Å²) in [6.07, 6.45) is 4.84. The summed E-state index contributed by atoms with van der Waals surface area (Å²) in [6.45, 7) is -0.222. The van der Waals surface area contributed by atoms with Gasteiger partial charge < -0.3 is 10.2 Å². The van der Waals surface area contributed by atoms with E-state index in [1.54, 1.807) is 18.2 Å². The van der Waals surface area contributed by atoms with Gasteiger partial charge in [-0.25, -0.2) is 17.2 Å². The van der Waals surface area contributed by atoms with E-state index in [2.05, 4.69) is 5.32 Å². The SMILES string of the molecule is CS(=O)(=O)N(CCCC(=O)N(Cc1c(Cl)cccc1Cl)C(Cc1ccccc1)C(=O)NC1CCCC1)c1ccc(F)c(F)c1. The molecule has 3 aromatic rings. The molecular weight excluding hydrogens is 631 g/mol. The Labute approximate surface area is 267 Å². The van der Waals surface area contributed by atoms with E-state index in [1.165, 1.54) is 4.90 Å². The number of halogens is 4. The van der Waals surface area contributed by atoms with Crippen molar-refractivity contribution in [2.75, 3.05) is 17.1 Å². The molecule has 1 aliphatic carbocycles. The zero-order valence-electron chi connectivity index (χ0n) is 24.3. The molecule has 0 aliphatic heterocycles. The number of benzene rings is 3. The van der Waals surface area contributed by atoms with Crippen LogP contribution in [0.15, 0.2) is 66.7 Å². The lowest BCUT2D eigenvalue weighted by atomic mass is 10.0. The molecule has 12 heteroatoms. The van der Waals surface area contributed by atoms with Crippen molar-refractivity contribution in [2.45, 2.75) is 63.6 Å². The van der Waals surface area contributed by atoms with Crippen LogP contribution in [0, 0.1) is 11.6 Å². The molecule has 1 saturated carbocycles. The van der Waals surface area contributed by atoms with Crippen LogP contribution in [0.2, 0.25) is 10.0 Å². The molecule has 3 aromatic carbocycles. The second-order valence-electron chi connectivity index (χ2n) is 11.0. The second-order valence-corrected chi connectivity index (χ2v) is 13.7. The molecule has 2 amide bonds. The van der Waals surface area contributed by atoms with E-state index in [0.717, 1.165) is 60.0 Å². The molecule has 1 atom stereocenters. The van der Waals surface area contributed by atoms with Crippen molar-refractivity contribution in [2.24, 2.45) is 0 Å². The van der Waals surface area contributed by atoms with Crippen molar-refractivity contribution in [1.82, 2.24) is 10.2 Å². The fourth-order valence-electron chi connectivity index (χ4n) is 5.42. The molecule has 7 nitrogen and oxygen atoms in total. The number of rotatable bonds is 13. The fourth-order valence-corrected chi connectivity index (χ4v) is 6.89. The van der Waals surface area contributed by atoms with Gasteiger partial charge in [0.05, 0.1) is 11.9 Å². The standard InChI is InChI=1S/C32H35Cl2F2N3O4S/c1-44(42,43)39(24-16-17-28(35)29(36)20-24)18-8-15-31(40)38(21-25-26(33)13-7-14-27(25)34)30(19-22-9-3-2-4-10-22)32(41)37-23-11-5-6-12-23/h2-4,7,9-10,13-14,16-17,20,23,30H,5-6,8,11-12,15,18-19,21H2,1H3,(H,37,41). The van der Waals surface area contributed by atoms with Gasteiger partial charge in [-0.05, 0) is 49.1 Å². The number of anilines is 1. The van der Waals surface area contributed by atoms with E-state index in [1.807, 2.05) is 30.3 Å². The van der Waals surface area contributed by atoms with Crippen LogP contribution in [0.5, 0.6) is 0 Å². The molecule has 0 spiro atoms. The van der Waals surface area contributed by atoms with Crippen LogP contribution in [-0.4, -0.2) is 50.0 Å². The minimum Gasteiger partial charge on any atom is -0.352 e. The molecule has 0 radical (unpaired) electrons. The Morgan fingerprint density at radius 2 is 1.61 bits per heavy atom. The average Bonchev–Trinajstić information content (AvgIpc) is 3.49. The van der Waals surface area contributed by atoms with E-state index in [9.17, 15) is 26.8 Å². The quantitative estimate of drug-likeness (QED) is 0.225. The molecule has 0 saturated heterocycles. The van der Waals surface area contributed by atoms with Gasteiger partial charge in [-0.2, -0.15) is 0 Å². The van der Waals surface area contributed by atoms with Crippen molar-refractivity contribution >= 4 is 50.7 Å². The summed E-state index contributed by atoms with van der Waals surface area (Å²) in [4.78, 5) is 29.3. The summed E-state index contributed by atoms with van der Waals surface area (Å²) in [5.74, 6) is -3.00. The smallest absolute Gasteiger partial charge is 0.243 e. The summed E-state index contributed by atoms with van der Waals surface area (Å²) in [6, 6.07) is 16.3. The van der Waals surface area contributed by atoms with Gasteiger partial charge in [-0.1, -0.05) is 72.4 Å². The highest BCUT2D eigenvalue weighted by Crippen LogP contribution is 2.28. The van der Waals surface area contributed by atoms with Crippen LogP contribution in [0.3, 0.4) is 0 Å². The summed E-state index contributed by atoms with van der Waals surface area (Å²) >= 11 is 13.0. The summed E-state index contributed by atoms with van der Waals surface area (Å²) < 4.78 is 53.5. The molecule has 1 fully saturated rings. The third-order valence-corrected chi connectivity index (χ3v) is 9.61. The first-order valence-electron chi connectivity index (χ1n) is 14.4. The van der Waals surface area contributed by atoms with Gasteiger partial charge >= 0.3 is 0 Å². The predicted molar refractivity (Wildman–Crippen MR) is 169 cm³/mol. The van der Waals surface area contributed by atoms with E-state index in [0.29, 0.717) is 15.6 Å². The number of carbonyl (C=O) groups excluding carboxylic acids is 2. The van der Waals surface area contributed by atoms with Gasteiger partial charge in [0, 0.05) is 53.6 Å². The largest absolute Gasteiger partial charge is 0.352 e. The van der Waals surface area contributed by atoms with Gasteiger partial charge in [0.2, 0.25) is 21.8 Å². The Hall–Kier alpha value is -3.21. The molecule has 0 bridgehead atoms. The first-order valence-corrected chi connectivity index (χ1v) is 17.0. The lowest BCUT2D eigenvalue weighted by Crippen LogP contribution is -2.52. The maximum absolute atomic E-state index is 14.0. The van der Waals surface area contributed by atoms with Gasteiger partial charge in [0.25, 0.3) is 0 Å². The molecule has 44 heavy (non-hydrogen) atoms. The lowest BCUT2D eigenvalue weighted by molar-refractivity contribution is -0.141. The molecular formula is C32H35Cl2F2N3O4S. The number of sulfonamides is 1. The highest BCUT2D eigenvalue weighted by atomic mass is 35.5. The maximum atomic E-state index is 14.0. The number of nitrogens with zero attached hydrogens (tertiary/aromatic N) is 2. The minimum absolute atomic E-state index is 0.0149. The molecule has 236 valence electrons. The Bertz CT molecular complexity index is 1550. The Morgan fingerprint density at radius 3 is 2.23 bits per heavy atom. The highest BCUT2D eigenvalue weighted by molar-refractivity contribution is 7.92. The first-order chi connectivity index (χ1) is 20.9. The van der Waals surface area contributed by atoms with Crippen molar-refractivity contribution in [3.63, 3.8) is 0 Å². The number of nitrogens with one attached hydrogen (secondary N) is 1. The van der Waals surface area contributed by atoms with Crippen LogP contribution in [0.25, 0.3) is 0 Å². The van der Waals surface area contributed by atoms with Crippen LogP contribution in [0.1, 0.15) is 49.7 Å². The first kappa shape index (κ1) is 33.7. The summed E-state index contributed by atoms with van der Waals surface area (Å²) in [7, 11) is -3.89. The number of hydrogen-bond donors (Lipinski definition) is 1. The Balaban J connectivity index is 1.62. The van der Waals surface area contributed by atoms with Gasteiger partial charge in [-0.15, -0.1) is 0 Å². The summed E-state index contributed by atoms with van der Waals surface area (Å²) in [5.41, 5.74) is 1.27. The van der Waals surface area contributed by atoms with Crippen LogP contribution in [-0.2, 0) is 32.6 Å². The molecule has 0 aromatic heterocycles. The normalized spacial score (nSPS) is 14.3. The molecule has 4 rings (SSSR count). The van der Waals surface area contributed by atoms with Gasteiger partial charge in [0.1, 0.15) is 6.04 Å². The topological polar surface area (TPSA) is 86.8 Å². The second kappa shape index (κ2) is 15.2. The fraction of sp³-hybridized carbons (Fsp3) is 0.375. The van der Waals surface area contributed by atoms with Crippen LogP contribution < -0.4 is 9.62 Å².